The van der Waals surface area contributed by atoms with Crippen molar-refractivity contribution < 1.29 is 9.13 Å². The highest BCUT2D eigenvalue weighted by molar-refractivity contribution is 7.58. The summed E-state index contributed by atoms with van der Waals surface area (Å²) in [6, 6.07) is 26.3. The number of rotatable bonds is 11. The molecule has 0 fully saturated rings. The van der Waals surface area contributed by atoms with Crippen LogP contribution in [0.5, 0.6) is 5.75 Å². The van der Waals surface area contributed by atoms with Crippen molar-refractivity contribution in [3.8, 4) is 47.5 Å². The summed E-state index contributed by atoms with van der Waals surface area (Å²) in [5, 5.41) is 0. The molecule has 0 radical (unpaired) electrons. The fourth-order valence-corrected chi connectivity index (χ4v) is 8.11. The Labute approximate surface area is 258 Å². The molecule has 0 amide bonds. The number of benzene rings is 3. The molecular weight excluding hydrogens is 580 g/mol. The van der Waals surface area contributed by atoms with Crippen LogP contribution in [0.3, 0.4) is 0 Å². The van der Waals surface area contributed by atoms with E-state index >= 15 is 4.39 Å². The highest BCUT2D eigenvalue weighted by Gasteiger charge is 2.25. The maximum atomic E-state index is 15.5. The van der Waals surface area contributed by atoms with Gasteiger partial charge in [0.2, 0.25) is 0 Å². The van der Waals surface area contributed by atoms with Gasteiger partial charge in [0, 0.05) is 15.3 Å². The number of nitrogens with zero attached hydrogens (tertiary/aromatic N) is 2. The molecule has 42 heavy (non-hydrogen) atoms. The van der Waals surface area contributed by atoms with E-state index in [1.165, 1.54) is 41.1 Å². The first-order chi connectivity index (χ1) is 20.5. The standard InChI is InChI=1S/C35H33FN2OS3/c1-4-6-7-23(5-2)21-39-27-15-12-25(13-16-27)30-18-19-31(40-30)35-33-32(37-42-38-33)34(41-35)28-17-14-26(20-29(28)36)24-10-8-22(3)9-11-24/h8-20,23H,4-7,21H2,1-3H3. The van der Waals surface area contributed by atoms with Crippen molar-refractivity contribution in [2.45, 2.75) is 46.5 Å². The molecule has 3 heterocycles. The minimum Gasteiger partial charge on any atom is -0.493 e. The molecule has 3 nitrogen and oxygen atoms in total. The maximum Gasteiger partial charge on any atom is 0.132 e. The molecule has 0 N–H and O–H groups in total. The number of fused-ring (bicyclic) bond motifs is 1. The third-order valence-corrected chi connectivity index (χ3v) is 10.8. The second-order valence-electron chi connectivity index (χ2n) is 10.7. The normalized spacial score (nSPS) is 12.8. The first-order valence-corrected chi connectivity index (χ1v) is 16.9. The molecule has 1 aliphatic heterocycles. The minimum absolute atomic E-state index is 0.249. The molecule has 0 aliphatic carbocycles. The molecule has 3 aromatic carbocycles. The predicted molar refractivity (Wildman–Crippen MR) is 179 cm³/mol. The third-order valence-electron chi connectivity index (χ3n) is 7.72. The number of unbranched alkanes of at least 4 members (excludes halogenated alkanes) is 1. The van der Waals surface area contributed by atoms with Crippen LogP contribution in [-0.2, 0) is 11.4 Å². The lowest BCUT2D eigenvalue weighted by atomic mass is 10.0. The van der Waals surface area contributed by atoms with Crippen LogP contribution in [0, 0.1) is 18.7 Å². The molecular formula is C35H33FN2OS3. The average Bonchev–Trinajstić information content (AvgIpc) is 3.76. The van der Waals surface area contributed by atoms with Gasteiger partial charge in [-0.05, 0) is 84.5 Å². The Morgan fingerprint density at radius 1 is 0.762 bits per heavy atom. The Morgan fingerprint density at radius 2 is 1.45 bits per heavy atom. The number of hydrogen-bond donors (Lipinski definition) is 0. The second-order valence-corrected chi connectivity index (χ2v) is 13.3. The number of ether oxygens (including phenoxy) is 1. The van der Waals surface area contributed by atoms with Crippen molar-refractivity contribution in [1.29, 1.82) is 0 Å². The van der Waals surface area contributed by atoms with Gasteiger partial charge in [0.25, 0.3) is 0 Å². The summed E-state index contributed by atoms with van der Waals surface area (Å²) in [6.45, 7) is 7.30. The summed E-state index contributed by atoms with van der Waals surface area (Å²) in [7, 11) is 0. The van der Waals surface area contributed by atoms with E-state index in [0.717, 1.165) is 61.5 Å². The van der Waals surface area contributed by atoms with Gasteiger partial charge in [0.05, 0.1) is 27.7 Å². The Kier molecular flexibility index (Phi) is 8.79. The summed E-state index contributed by atoms with van der Waals surface area (Å²) in [5.41, 5.74) is 6.37. The van der Waals surface area contributed by atoms with Crippen molar-refractivity contribution in [2.75, 3.05) is 6.61 Å². The fraction of sp³-hybridized carbons (Fsp3) is 0.257. The topological polar surface area (TPSA) is 34.0 Å². The highest BCUT2D eigenvalue weighted by Crippen LogP contribution is 2.55. The molecule has 1 aliphatic rings. The summed E-state index contributed by atoms with van der Waals surface area (Å²) in [4.78, 5) is 4.13. The van der Waals surface area contributed by atoms with Crippen molar-refractivity contribution in [2.24, 2.45) is 14.6 Å². The third kappa shape index (κ3) is 6.05. The highest BCUT2D eigenvalue weighted by atomic mass is 32.1. The SMILES string of the molecule is CCCCC(CC)COc1ccc(-c2ccc(-c3sc(-c4ccc(-c5ccc(C)cc5)cc4F)c4c3N=S=N4)s2)cc1. The van der Waals surface area contributed by atoms with E-state index in [0.29, 0.717) is 11.5 Å². The summed E-state index contributed by atoms with van der Waals surface area (Å²) in [6.07, 6.45) is 4.85. The number of halogens is 1. The van der Waals surface area contributed by atoms with Gasteiger partial charge in [-0.25, -0.2) is 4.39 Å². The van der Waals surface area contributed by atoms with E-state index in [-0.39, 0.29) is 5.82 Å². The van der Waals surface area contributed by atoms with Crippen LogP contribution in [0.15, 0.2) is 87.6 Å². The number of hydrogen-bond acceptors (Lipinski definition) is 5. The molecule has 0 saturated carbocycles. The van der Waals surface area contributed by atoms with E-state index in [1.54, 1.807) is 28.7 Å². The first-order valence-electron chi connectivity index (χ1n) is 14.5. The van der Waals surface area contributed by atoms with E-state index in [2.05, 4.69) is 65.9 Å². The van der Waals surface area contributed by atoms with Gasteiger partial charge in [0.15, 0.2) is 0 Å². The summed E-state index contributed by atoms with van der Waals surface area (Å²) >= 11 is 4.46. The lowest BCUT2D eigenvalue weighted by Gasteiger charge is -2.15. The van der Waals surface area contributed by atoms with Gasteiger partial charge in [-0.15, -0.1) is 22.7 Å². The molecule has 214 valence electrons. The quantitative estimate of drug-likeness (QED) is 0.143. The van der Waals surface area contributed by atoms with Crippen molar-refractivity contribution in [3.63, 3.8) is 0 Å². The Hall–Kier alpha value is -3.39. The number of aryl methyl sites for hydroxylation is 1. The van der Waals surface area contributed by atoms with Crippen LogP contribution < -0.4 is 4.74 Å². The van der Waals surface area contributed by atoms with Crippen molar-refractivity contribution in [1.82, 2.24) is 0 Å². The Bertz CT molecular complexity index is 1760. The van der Waals surface area contributed by atoms with Crippen LogP contribution >= 0.6 is 22.7 Å². The van der Waals surface area contributed by atoms with Gasteiger partial charge >= 0.3 is 0 Å². The molecule has 7 heteroatoms. The minimum atomic E-state index is -0.249. The van der Waals surface area contributed by atoms with Gasteiger partial charge in [-0.1, -0.05) is 69.0 Å². The van der Waals surface area contributed by atoms with Crippen LogP contribution in [-0.4, -0.2) is 6.61 Å². The zero-order valence-electron chi connectivity index (χ0n) is 24.0. The lowest BCUT2D eigenvalue weighted by Crippen LogP contribution is -2.11. The molecule has 0 saturated heterocycles. The Morgan fingerprint density at radius 3 is 2.17 bits per heavy atom. The van der Waals surface area contributed by atoms with E-state index in [1.807, 2.05) is 36.4 Å². The molecule has 5 aromatic rings. The monoisotopic (exact) mass is 612 g/mol. The van der Waals surface area contributed by atoms with Gasteiger partial charge < -0.3 is 4.74 Å². The zero-order chi connectivity index (χ0) is 29.1. The van der Waals surface area contributed by atoms with Crippen molar-refractivity contribution >= 4 is 45.4 Å². The van der Waals surface area contributed by atoms with Crippen molar-refractivity contribution in [3.05, 3.63) is 90.2 Å². The summed E-state index contributed by atoms with van der Waals surface area (Å²) < 4.78 is 30.8. The average molecular weight is 613 g/mol. The molecule has 0 spiro atoms. The fourth-order valence-electron chi connectivity index (χ4n) is 5.10. The largest absolute Gasteiger partial charge is 0.493 e. The maximum absolute atomic E-state index is 15.5. The smallest absolute Gasteiger partial charge is 0.132 e. The summed E-state index contributed by atoms with van der Waals surface area (Å²) in [5.74, 6) is 1.27. The predicted octanol–water partition coefficient (Wildman–Crippen LogP) is 12.2. The molecule has 1 unspecified atom stereocenters. The molecule has 1 atom stereocenters. The molecule has 6 rings (SSSR count). The van der Waals surface area contributed by atoms with Gasteiger partial charge in [-0.2, -0.15) is 8.73 Å². The molecule has 0 bridgehead atoms. The second kappa shape index (κ2) is 12.9. The van der Waals surface area contributed by atoms with E-state index in [4.69, 9.17) is 4.74 Å². The number of thiophene rings is 2. The molecule has 2 aromatic heterocycles. The van der Waals surface area contributed by atoms with Crippen LogP contribution in [0.25, 0.3) is 41.8 Å². The lowest BCUT2D eigenvalue weighted by molar-refractivity contribution is 0.233. The van der Waals surface area contributed by atoms with Gasteiger partial charge in [0.1, 0.15) is 22.9 Å². The van der Waals surface area contributed by atoms with E-state index < -0.39 is 0 Å². The first kappa shape index (κ1) is 28.7. The van der Waals surface area contributed by atoms with Crippen LogP contribution in [0.4, 0.5) is 15.8 Å². The van der Waals surface area contributed by atoms with Crippen LogP contribution in [0.2, 0.25) is 0 Å². The van der Waals surface area contributed by atoms with E-state index in [9.17, 15) is 0 Å². The Balaban J connectivity index is 1.22. The van der Waals surface area contributed by atoms with Crippen LogP contribution in [0.1, 0.15) is 45.1 Å². The zero-order valence-corrected chi connectivity index (χ0v) is 26.5. The van der Waals surface area contributed by atoms with Gasteiger partial charge in [-0.3, -0.25) is 0 Å².